The number of thiophene rings is 1. The zero-order chi connectivity index (χ0) is 12.0. The maximum atomic E-state index is 3.56. The fourth-order valence-electron chi connectivity index (χ4n) is 1.81. The fourth-order valence-corrected chi connectivity index (χ4v) is 2.60. The van der Waals surface area contributed by atoms with Crippen LogP contribution in [0.1, 0.15) is 39.0 Å². The first-order chi connectivity index (χ1) is 7.54. The van der Waals surface area contributed by atoms with Crippen LogP contribution in [0.2, 0.25) is 0 Å². The van der Waals surface area contributed by atoms with Gasteiger partial charge in [0.05, 0.1) is 0 Å². The van der Waals surface area contributed by atoms with Crippen molar-refractivity contribution in [3.63, 3.8) is 0 Å². The normalized spacial score (nSPS) is 14.0. The summed E-state index contributed by atoms with van der Waals surface area (Å²) >= 11 is 1.88. The van der Waals surface area contributed by atoms with Crippen molar-refractivity contribution in [3.05, 3.63) is 22.4 Å². The van der Waals surface area contributed by atoms with E-state index >= 15 is 0 Å². The molecule has 0 fully saturated rings. The van der Waals surface area contributed by atoms with E-state index in [-0.39, 0.29) is 0 Å². The van der Waals surface area contributed by atoms with Crippen LogP contribution in [0.25, 0.3) is 0 Å². The fraction of sp³-hybridized carbons (Fsp3) is 0.714. The molecule has 1 aromatic rings. The molecule has 0 spiro atoms. The van der Waals surface area contributed by atoms with Crippen molar-refractivity contribution >= 4 is 11.3 Å². The second-order valence-corrected chi connectivity index (χ2v) is 6.58. The van der Waals surface area contributed by atoms with E-state index in [9.17, 15) is 0 Å². The summed E-state index contributed by atoms with van der Waals surface area (Å²) in [7, 11) is 0. The summed E-state index contributed by atoms with van der Waals surface area (Å²) in [4.78, 5) is 1.51. The molecule has 0 bridgehead atoms. The molecular formula is C14H25NS. The minimum absolute atomic E-state index is 0.380. The Kier molecular flexibility index (Phi) is 5.50. The Morgan fingerprint density at radius 3 is 2.62 bits per heavy atom. The van der Waals surface area contributed by atoms with E-state index in [1.807, 2.05) is 11.3 Å². The summed E-state index contributed by atoms with van der Waals surface area (Å²) in [6.07, 6.45) is 2.42. The van der Waals surface area contributed by atoms with Crippen LogP contribution in [0.3, 0.4) is 0 Å². The second kappa shape index (κ2) is 6.41. The minimum Gasteiger partial charge on any atom is -0.316 e. The van der Waals surface area contributed by atoms with Gasteiger partial charge in [-0.1, -0.05) is 33.8 Å². The Balaban J connectivity index is 2.51. The van der Waals surface area contributed by atoms with E-state index in [1.54, 1.807) is 0 Å². The summed E-state index contributed by atoms with van der Waals surface area (Å²) in [6, 6.07) is 4.41. The van der Waals surface area contributed by atoms with Crippen LogP contribution in [0.15, 0.2) is 17.5 Å². The molecule has 1 heterocycles. The quantitative estimate of drug-likeness (QED) is 0.741. The van der Waals surface area contributed by atoms with Gasteiger partial charge in [-0.25, -0.2) is 0 Å². The highest BCUT2D eigenvalue weighted by atomic mass is 32.1. The molecule has 1 unspecified atom stereocenters. The smallest absolute Gasteiger partial charge is 0.00486 e. The molecule has 1 aromatic heterocycles. The maximum absolute atomic E-state index is 3.56. The average Bonchev–Trinajstić information content (AvgIpc) is 2.67. The van der Waals surface area contributed by atoms with Crippen molar-refractivity contribution in [2.75, 3.05) is 13.1 Å². The van der Waals surface area contributed by atoms with E-state index in [0.29, 0.717) is 5.41 Å². The first-order valence-electron chi connectivity index (χ1n) is 6.27. The lowest BCUT2D eigenvalue weighted by atomic mass is 9.78. The van der Waals surface area contributed by atoms with Crippen molar-refractivity contribution in [3.8, 4) is 0 Å². The number of nitrogens with one attached hydrogen (secondary N) is 1. The Hall–Kier alpha value is -0.340. The van der Waals surface area contributed by atoms with Gasteiger partial charge in [0, 0.05) is 4.88 Å². The lowest BCUT2D eigenvalue weighted by Crippen LogP contribution is -2.33. The van der Waals surface area contributed by atoms with Crippen LogP contribution in [-0.4, -0.2) is 13.1 Å². The third kappa shape index (κ3) is 4.67. The van der Waals surface area contributed by atoms with Gasteiger partial charge in [-0.05, 0) is 48.7 Å². The number of hydrogen-bond donors (Lipinski definition) is 1. The summed E-state index contributed by atoms with van der Waals surface area (Å²) in [6.45, 7) is 11.5. The van der Waals surface area contributed by atoms with Crippen molar-refractivity contribution in [1.82, 2.24) is 5.32 Å². The predicted molar refractivity (Wildman–Crippen MR) is 74.1 cm³/mol. The number of hydrogen-bond acceptors (Lipinski definition) is 2. The van der Waals surface area contributed by atoms with E-state index in [4.69, 9.17) is 0 Å². The van der Waals surface area contributed by atoms with E-state index < -0.39 is 0 Å². The topological polar surface area (TPSA) is 12.0 Å². The van der Waals surface area contributed by atoms with Crippen LogP contribution in [0.4, 0.5) is 0 Å². The molecule has 0 radical (unpaired) electrons. The SMILES string of the molecule is CCCNCC(Cc1cccs1)C(C)(C)C. The van der Waals surface area contributed by atoms with Gasteiger partial charge in [0.25, 0.3) is 0 Å². The zero-order valence-electron chi connectivity index (χ0n) is 11.0. The van der Waals surface area contributed by atoms with Gasteiger partial charge < -0.3 is 5.32 Å². The van der Waals surface area contributed by atoms with Crippen LogP contribution < -0.4 is 5.32 Å². The molecule has 92 valence electrons. The second-order valence-electron chi connectivity index (χ2n) is 5.55. The van der Waals surface area contributed by atoms with E-state index in [1.165, 1.54) is 17.7 Å². The molecule has 2 heteroatoms. The molecule has 1 N–H and O–H groups in total. The molecule has 0 saturated heterocycles. The van der Waals surface area contributed by atoms with Gasteiger partial charge in [-0.2, -0.15) is 0 Å². The molecule has 0 aliphatic carbocycles. The molecule has 0 aromatic carbocycles. The van der Waals surface area contributed by atoms with Crippen LogP contribution in [-0.2, 0) is 6.42 Å². The highest BCUT2D eigenvalue weighted by Crippen LogP contribution is 2.29. The van der Waals surface area contributed by atoms with Crippen LogP contribution in [0, 0.1) is 11.3 Å². The van der Waals surface area contributed by atoms with Gasteiger partial charge >= 0.3 is 0 Å². The van der Waals surface area contributed by atoms with Gasteiger partial charge in [0.2, 0.25) is 0 Å². The molecule has 0 aliphatic rings. The highest BCUT2D eigenvalue weighted by molar-refractivity contribution is 7.09. The first kappa shape index (κ1) is 13.7. The molecular weight excluding hydrogens is 214 g/mol. The van der Waals surface area contributed by atoms with Crippen molar-refractivity contribution in [2.45, 2.75) is 40.5 Å². The molecule has 0 amide bonds. The molecule has 0 saturated carbocycles. The largest absolute Gasteiger partial charge is 0.316 e. The standard InChI is InChI=1S/C14H25NS/c1-5-8-15-11-12(14(2,3)4)10-13-7-6-9-16-13/h6-7,9,12,15H,5,8,10-11H2,1-4H3. The summed E-state index contributed by atoms with van der Waals surface area (Å²) in [5, 5.41) is 5.73. The Labute approximate surface area is 104 Å². The molecule has 0 aliphatic heterocycles. The van der Waals surface area contributed by atoms with Crippen LogP contribution in [0.5, 0.6) is 0 Å². The van der Waals surface area contributed by atoms with Gasteiger partial charge in [-0.15, -0.1) is 11.3 Å². The van der Waals surface area contributed by atoms with Crippen molar-refractivity contribution in [2.24, 2.45) is 11.3 Å². The van der Waals surface area contributed by atoms with E-state index in [0.717, 1.165) is 19.0 Å². The summed E-state index contributed by atoms with van der Waals surface area (Å²) < 4.78 is 0. The monoisotopic (exact) mass is 239 g/mol. The zero-order valence-corrected chi connectivity index (χ0v) is 11.9. The highest BCUT2D eigenvalue weighted by Gasteiger charge is 2.24. The predicted octanol–water partition coefficient (Wildman–Crippen LogP) is 3.95. The Morgan fingerprint density at radius 2 is 2.12 bits per heavy atom. The Bertz CT molecular complexity index is 271. The first-order valence-corrected chi connectivity index (χ1v) is 7.15. The van der Waals surface area contributed by atoms with Gasteiger partial charge in [-0.3, -0.25) is 0 Å². The molecule has 1 rings (SSSR count). The lowest BCUT2D eigenvalue weighted by molar-refractivity contribution is 0.232. The molecule has 16 heavy (non-hydrogen) atoms. The van der Waals surface area contributed by atoms with E-state index in [2.05, 4.69) is 50.5 Å². The van der Waals surface area contributed by atoms with Crippen LogP contribution >= 0.6 is 11.3 Å². The third-order valence-electron chi connectivity index (χ3n) is 3.07. The average molecular weight is 239 g/mol. The van der Waals surface area contributed by atoms with Gasteiger partial charge in [0.15, 0.2) is 0 Å². The van der Waals surface area contributed by atoms with Crippen molar-refractivity contribution < 1.29 is 0 Å². The number of rotatable bonds is 6. The van der Waals surface area contributed by atoms with Gasteiger partial charge in [0.1, 0.15) is 0 Å². The minimum atomic E-state index is 0.380. The van der Waals surface area contributed by atoms with Crippen molar-refractivity contribution in [1.29, 1.82) is 0 Å². The summed E-state index contributed by atoms with van der Waals surface area (Å²) in [5.41, 5.74) is 0.380. The molecule has 1 nitrogen and oxygen atoms in total. The summed E-state index contributed by atoms with van der Waals surface area (Å²) in [5.74, 6) is 0.720. The third-order valence-corrected chi connectivity index (χ3v) is 3.97. The Morgan fingerprint density at radius 1 is 1.38 bits per heavy atom. The maximum Gasteiger partial charge on any atom is 0.00486 e. The lowest BCUT2D eigenvalue weighted by Gasteiger charge is -2.30. The molecule has 1 atom stereocenters.